The van der Waals surface area contributed by atoms with E-state index in [0.717, 1.165) is 18.2 Å². The Kier molecular flexibility index (Phi) is 5.41. The summed E-state index contributed by atoms with van der Waals surface area (Å²) in [6, 6.07) is 3.00. The van der Waals surface area contributed by atoms with E-state index < -0.39 is 23.9 Å². The van der Waals surface area contributed by atoms with Gasteiger partial charge in [-0.05, 0) is 18.2 Å². The van der Waals surface area contributed by atoms with Crippen molar-refractivity contribution in [1.29, 1.82) is 0 Å². The fraction of sp³-hybridized carbons (Fsp3) is 0.231. The lowest BCUT2D eigenvalue weighted by atomic mass is 10.0. The van der Waals surface area contributed by atoms with Crippen molar-refractivity contribution < 1.29 is 38.9 Å². The quantitative estimate of drug-likeness (QED) is 0.583. The Hall–Kier alpha value is -2.90. The van der Waals surface area contributed by atoms with Gasteiger partial charge >= 0.3 is 23.9 Å². The summed E-state index contributed by atoms with van der Waals surface area (Å²) in [5.41, 5.74) is -1.00. The second kappa shape index (κ2) is 7.04. The molecule has 0 radical (unpaired) electrons. The monoisotopic (exact) mass is 296 g/mol. The molecule has 0 aliphatic rings. The van der Waals surface area contributed by atoms with Crippen LogP contribution in [0, 0.1) is 0 Å². The van der Waals surface area contributed by atoms with Crippen molar-refractivity contribution >= 4 is 23.9 Å². The highest BCUT2D eigenvalue weighted by Gasteiger charge is 2.20. The summed E-state index contributed by atoms with van der Waals surface area (Å²) in [5.74, 6) is -4.26. The summed E-state index contributed by atoms with van der Waals surface area (Å²) in [7, 11) is 0. The van der Waals surface area contributed by atoms with Gasteiger partial charge in [-0.1, -0.05) is 0 Å². The lowest BCUT2D eigenvalue weighted by Crippen LogP contribution is -2.16. The van der Waals surface area contributed by atoms with Crippen molar-refractivity contribution in [1.82, 2.24) is 0 Å². The van der Waals surface area contributed by atoms with Gasteiger partial charge < -0.3 is 19.7 Å². The number of ether oxygens (including phenoxy) is 2. The minimum Gasteiger partial charge on any atom is -0.478 e. The lowest BCUT2D eigenvalue weighted by molar-refractivity contribution is -0.142. The molecule has 8 heteroatoms. The Morgan fingerprint density at radius 1 is 0.952 bits per heavy atom. The number of aromatic carboxylic acids is 2. The number of hydrogen-bond acceptors (Lipinski definition) is 6. The van der Waals surface area contributed by atoms with Gasteiger partial charge in [0, 0.05) is 6.92 Å². The normalized spacial score (nSPS) is 9.76. The lowest BCUT2D eigenvalue weighted by Gasteiger charge is -2.08. The molecule has 0 aliphatic carbocycles. The molecule has 21 heavy (non-hydrogen) atoms. The van der Waals surface area contributed by atoms with Crippen LogP contribution in [0.5, 0.6) is 0 Å². The predicted molar refractivity (Wildman–Crippen MR) is 67.3 cm³/mol. The van der Waals surface area contributed by atoms with Gasteiger partial charge in [0.15, 0.2) is 0 Å². The van der Waals surface area contributed by atoms with Crippen LogP contribution in [0.25, 0.3) is 0 Å². The topological polar surface area (TPSA) is 127 Å². The Morgan fingerprint density at radius 3 is 2.10 bits per heavy atom. The largest absolute Gasteiger partial charge is 0.478 e. The standard InChI is InChI=1S/C13H12O8/c1-7(14)20-4-5-21-13(19)10-6-8(11(15)16)2-3-9(10)12(17)18/h2-3,6H,4-5H2,1H3,(H,15,16)(H,17,18). The highest BCUT2D eigenvalue weighted by atomic mass is 16.6. The minimum absolute atomic E-state index is 0.178. The molecule has 0 amide bonds. The zero-order chi connectivity index (χ0) is 16.0. The van der Waals surface area contributed by atoms with Gasteiger partial charge in [-0.3, -0.25) is 4.79 Å². The zero-order valence-electron chi connectivity index (χ0n) is 11.0. The number of carboxylic acid groups (broad SMARTS) is 2. The average molecular weight is 296 g/mol. The van der Waals surface area contributed by atoms with Crippen molar-refractivity contribution in [3.63, 3.8) is 0 Å². The molecule has 112 valence electrons. The van der Waals surface area contributed by atoms with E-state index in [2.05, 4.69) is 4.74 Å². The number of benzene rings is 1. The highest BCUT2D eigenvalue weighted by Crippen LogP contribution is 2.14. The molecular weight excluding hydrogens is 284 g/mol. The maximum atomic E-state index is 11.8. The van der Waals surface area contributed by atoms with Crippen LogP contribution < -0.4 is 0 Å². The van der Waals surface area contributed by atoms with E-state index in [1.54, 1.807) is 0 Å². The van der Waals surface area contributed by atoms with Gasteiger partial charge in [-0.15, -0.1) is 0 Å². The number of rotatable bonds is 6. The number of esters is 2. The molecule has 0 bridgehead atoms. The van der Waals surface area contributed by atoms with Crippen molar-refractivity contribution in [3.8, 4) is 0 Å². The maximum absolute atomic E-state index is 11.8. The summed E-state index contributed by atoms with van der Waals surface area (Å²) < 4.78 is 9.27. The van der Waals surface area contributed by atoms with Crippen LogP contribution in [0.4, 0.5) is 0 Å². The molecule has 0 heterocycles. The molecule has 2 N–H and O–H groups in total. The molecule has 1 rings (SSSR count). The molecule has 0 fully saturated rings. The number of carboxylic acids is 2. The van der Waals surface area contributed by atoms with Crippen LogP contribution in [-0.2, 0) is 14.3 Å². The highest BCUT2D eigenvalue weighted by molar-refractivity contribution is 6.04. The Morgan fingerprint density at radius 2 is 1.57 bits per heavy atom. The molecule has 0 aliphatic heterocycles. The molecule has 1 aromatic carbocycles. The third kappa shape index (κ3) is 4.60. The van der Waals surface area contributed by atoms with Crippen LogP contribution >= 0.6 is 0 Å². The van der Waals surface area contributed by atoms with Crippen molar-refractivity contribution in [2.24, 2.45) is 0 Å². The van der Waals surface area contributed by atoms with Crippen LogP contribution in [0.3, 0.4) is 0 Å². The van der Waals surface area contributed by atoms with E-state index in [1.165, 1.54) is 6.92 Å². The van der Waals surface area contributed by atoms with Crippen LogP contribution in [0.2, 0.25) is 0 Å². The van der Waals surface area contributed by atoms with Gasteiger partial charge in [-0.25, -0.2) is 14.4 Å². The Bertz CT molecular complexity index is 590. The predicted octanol–water partition coefficient (Wildman–Crippen LogP) is 0.803. The van der Waals surface area contributed by atoms with Crippen LogP contribution in [-0.4, -0.2) is 47.3 Å². The molecule has 0 aromatic heterocycles. The molecule has 1 aromatic rings. The fourth-order valence-electron chi connectivity index (χ4n) is 1.43. The number of carbonyl (C=O) groups excluding carboxylic acids is 2. The molecule has 0 saturated heterocycles. The van der Waals surface area contributed by atoms with E-state index >= 15 is 0 Å². The zero-order valence-corrected chi connectivity index (χ0v) is 11.0. The summed E-state index contributed by atoms with van der Waals surface area (Å²) in [6.45, 7) is 0.734. The SMILES string of the molecule is CC(=O)OCCOC(=O)c1cc(C(=O)O)ccc1C(=O)O. The van der Waals surface area contributed by atoms with E-state index in [-0.39, 0.29) is 29.9 Å². The first-order valence-electron chi connectivity index (χ1n) is 5.74. The second-order valence-corrected chi connectivity index (χ2v) is 3.85. The first kappa shape index (κ1) is 16.2. The van der Waals surface area contributed by atoms with E-state index in [0.29, 0.717) is 0 Å². The van der Waals surface area contributed by atoms with E-state index in [4.69, 9.17) is 14.9 Å². The summed E-state index contributed by atoms with van der Waals surface area (Å²) >= 11 is 0. The first-order valence-corrected chi connectivity index (χ1v) is 5.74. The van der Waals surface area contributed by atoms with Crippen molar-refractivity contribution in [3.05, 3.63) is 34.9 Å². The van der Waals surface area contributed by atoms with Crippen LogP contribution in [0.1, 0.15) is 38.0 Å². The summed E-state index contributed by atoms with van der Waals surface area (Å²) in [5, 5.41) is 17.8. The van der Waals surface area contributed by atoms with Gasteiger partial charge in [0.25, 0.3) is 0 Å². The fourth-order valence-corrected chi connectivity index (χ4v) is 1.43. The Balaban J connectivity index is 2.89. The smallest absolute Gasteiger partial charge is 0.339 e. The minimum atomic E-state index is -1.39. The summed E-state index contributed by atoms with van der Waals surface area (Å²) in [6.07, 6.45) is 0. The molecule has 8 nitrogen and oxygen atoms in total. The summed E-state index contributed by atoms with van der Waals surface area (Å²) in [4.78, 5) is 44.1. The third-order valence-electron chi connectivity index (χ3n) is 2.34. The number of hydrogen-bond donors (Lipinski definition) is 2. The van der Waals surface area contributed by atoms with E-state index in [9.17, 15) is 19.2 Å². The molecule has 0 atom stereocenters. The van der Waals surface area contributed by atoms with Gasteiger partial charge in [0.05, 0.1) is 16.7 Å². The van der Waals surface area contributed by atoms with Gasteiger partial charge in [0.1, 0.15) is 13.2 Å². The first-order chi connectivity index (χ1) is 9.82. The van der Waals surface area contributed by atoms with E-state index in [1.807, 2.05) is 0 Å². The molecule has 0 saturated carbocycles. The molecule has 0 spiro atoms. The van der Waals surface area contributed by atoms with Gasteiger partial charge in [0.2, 0.25) is 0 Å². The Labute approximate surface area is 118 Å². The van der Waals surface area contributed by atoms with Crippen molar-refractivity contribution in [2.75, 3.05) is 13.2 Å². The number of carbonyl (C=O) groups is 4. The molecule has 0 unspecified atom stereocenters. The molecular formula is C13H12O8. The average Bonchev–Trinajstić information content (AvgIpc) is 2.42. The van der Waals surface area contributed by atoms with Gasteiger partial charge in [-0.2, -0.15) is 0 Å². The van der Waals surface area contributed by atoms with Crippen molar-refractivity contribution in [2.45, 2.75) is 6.92 Å². The third-order valence-corrected chi connectivity index (χ3v) is 2.34. The second-order valence-electron chi connectivity index (χ2n) is 3.85. The van der Waals surface area contributed by atoms with Crippen LogP contribution in [0.15, 0.2) is 18.2 Å². The maximum Gasteiger partial charge on any atom is 0.339 e.